The van der Waals surface area contributed by atoms with E-state index in [1.165, 1.54) is 25.3 Å². The Hall–Kier alpha value is -0.0431. The molecule has 0 aromatic rings. The Balaban J connectivity index is 2.39. The molecule has 0 bridgehead atoms. The van der Waals surface area contributed by atoms with Crippen LogP contribution in [0, 0.1) is 0 Å². The summed E-state index contributed by atoms with van der Waals surface area (Å²) in [6.07, 6.45) is 6.61. The molecule has 58 valence electrons. The fraction of sp³-hybridized carbons (Fsp3) is 0.778. The van der Waals surface area contributed by atoms with Crippen molar-refractivity contribution in [2.75, 3.05) is 0 Å². The zero-order chi connectivity index (χ0) is 7.61. The molecule has 0 unspecified atom stereocenters. The maximum Gasteiger partial charge on any atom is 0.0542 e. The zero-order valence-corrected chi connectivity index (χ0v) is 8.19. The summed E-state index contributed by atoms with van der Waals surface area (Å²) < 4.78 is 0. The first-order valence-corrected chi connectivity index (χ1v) is 7.56. The first-order valence-electron chi connectivity index (χ1n) is 4.28. The summed E-state index contributed by atoms with van der Waals surface area (Å²) in [5.74, 6) is 0. The second-order valence-electron chi connectivity index (χ2n) is 4.11. The highest BCUT2D eigenvalue weighted by molar-refractivity contribution is 6.79. The van der Waals surface area contributed by atoms with Crippen LogP contribution < -0.4 is 0 Å². The van der Waals surface area contributed by atoms with Crippen LogP contribution in [0.15, 0.2) is 12.7 Å². The highest BCUT2D eigenvalue weighted by Gasteiger charge is 2.34. The molecule has 0 saturated heterocycles. The van der Waals surface area contributed by atoms with E-state index >= 15 is 0 Å². The van der Waals surface area contributed by atoms with Gasteiger partial charge in [-0.25, -0.2) is 0 Å². The van der Waals surface area contributed by atoms with Crippen LogP contribution in [0.2, 0.25) is 24.7 Å². The van der Waals surface area contributed by atoms with Crippen molar-refractivity contribution in [3.05, 3.63) is 12.7 Å². The summed E-state index contributed by atoms with van der Waals surface area (Å²) >= 11 is 0. The SMILES string of the molecule is C=CC[Si](C)(C)C1CCC1. The quantitative estimate of drug-likeness (QED) is 0.431. The van der Waals surface area contributed by atoms with Crippen molar-refractivity contribution in [3.8, 4) is 0 Å². The molecule has 1 heteroatoms. The van der Waals surface area contributed by atoms with Gasteiger partial charge in [0.15, 0.2) is 0 Å². The van der Waals surface area contributed by atoms with E-state index in [1.54, 1.807) is 0 Å². The Bertz CT molecular complexity index is 123. The maximum atomic E-state index is 3.82. The molecule has 10 heavy (non-hydrogen) atoms. The summed E-state index contributed by atoms with van der Waals surface area (Å²) in [5.41, 5.74) is 1.12. The van der Waals surface area contributed by atoms with Gasteiger partial charge in [-0.1, -0.05) is 38.4 Å². The average Bonchev–Trinajstić information content (AvgIpc) is 1.56. The summed E-state index contributed by atoms with van der Waals surface area (Å²) in [4.78, 5) is 0. The lowest BCUT2D eigenvalue weighted by molar-refractivity contribution is 0.486. The van der Waals surface area contributed by atoms with Crippen molar-refractivity contribution >= 4 is 8.07 Å². The van der Waals surface area contributed by atoms with Crippen LogP contribution in [0.1, 0.15) is 19.3 Å². The fourth-order valence-electron chi connectivity index (χ4n) is 1.73. The van der Waals surface area contributed by atoms with Gasteiger partial charge in [0.05, 0.1) is 8.07 Å². The molecule has 1 aliphatic carbocycles. The Morgan fingerprint density at radius 3 is 2.40 bits per heavy atom. The molecule has 1 rings (SSSR count). The van der Waals surface area contributed by atoms with Gasteiger partial charge in [0.1, 0.15) is 0 Å². The van der Waals surface area contributed by atoms with E-state index in [2.05, 4.69) is 25.7 Å². The summed E-state index contributed by atoms with van der Waals surface area (Å²) in [6.45, 7) is 8.82. The second-order valence-corrected chi connectivity index (χ2v) is 9.31. The van der Waals surface area contributed by atoms with Crippen molar-refractivity contribution < 1.29 is 0 Å². The molecule has 1 fully saturated rings. The Labute approximate surface area is 65.3 Å². The lowest BCUT2D eigenvalue weighted by atomic mass is 10.00. The third-order valence-electron chi connectivity index (χ3n) is 2.88. The zero-order valence-electron chi connectivity index (χ0n) is 7.19. The highest BCUT2D eigenvalue weighted by Crippen LogP contribution is 2.42. The summed E-state index contributed by atoms with van der Waals surface area (Å²) in [5, 5.41) is 0. The third-order valence-corrected chi connectivity index (χ3v) is 7.01. The van der Waals surface area contributed by atoms with Gasteiger partial charge in [0.25, 0.3) is 0 Å². The lowest BCUT2D eigenvalue weighted by Gasteiger charge is -2.38. The molecule has 0 spiro atoms. The maximum absolute atomic E-state index is 3.82. The third kappa shape index (κ3) is 1.51. The van der Waals surface area contributed by atoms with Crippen LogP contribution in [0.25, 0.3) is 0 Å². The molecule has 0 amide bonds. The van der Waals surface area contributed by atoms with Gasteiger partial charge in [-0.2, -0.15) is 0 Å². The summed E-state index contributed by atoms with van der Waals surface area (Å²) in [7, 11) is -0.838. The van der Waals surface area contributed by atoms with Crippen molar-refractivity contribution in [1.82, 2.24) is 0 Å². The van der Waals surface area contributed by atoms with Crippen LogP contribution in [-0.2, 0) is 0 Å². The molecule has 0 aromatic carbocycles. The number of rotatable bonds is 3. The molecule has 0 atom stereocenters. The molecule has 0 N–H and O–H groups in total. The molecule has 0 heterocycles. The minimum atomic E-state index is -0.838. The van der Waals surface area contributed by atoms with Crippen LogP contribution >= 0.6 is 0 Å². The van der Waals surface area contributed by atoms with Crippen LogP contribution in [-0.4, -0.2) is 8.07 Å². The van der Waals surface area contributed by atoms with Crippen LogP contribution in [0.3, 0.4) is 0 Å². The first kappa shape index (κ1) is 8.06. The van der Waals surface area contributed by atoms with Gasteiger partial charge in [-0.05, 0) is 11.6 Å². The van der Waals surface area contributed by atoms with Crippen molar-refractivity contribution in [3.63, 3.8) is 0 Å². The normalized spacial score (nSPS) is 20.2. The Kier molecular flexibility index (Phi) is 2.35. The molecule has 1 aliphatic rings. The van der Waals surface area contributed by atoms with E-state index in [4.69, 9.17) is 0 Å². The standard InChI is InChI=1S/C9H18Si/c1-4-8-10(2,3)9-6-5-7-9/h4,9H,1,5-8H2,2-3H3. The summed E-state index contributed by atoms with van der Waals surface area (Å²) in [6, 6.07) is 1.32. The Morgan fingerprint density at radius 1 is 1.50 bits per heavy atom. The van der Waals surface area contributed by atoms with Gasteiger partial charge in [0.2, 0.25) is 0 Å². The second kappa shape index (κ2) is 2.91. The highest BCUT2D eigenvalue weighted by atomic mass is 28.3. The average molecular weight is 154 g/mol. The largest absolute Gasteiger partial charge is 0.103 e. The van der Waals surface area contributed by atoms with Gasteiger partial charge in [-0.15, -0.1) is 6.58 Å². The molecular formula is C9H18Si. The molecule has 0 aromatic heterocycles. The van der Waals surface area contributed by atoms with E-state index < -0.39 is 8.07 Å². The molecule has 0 aliphatic heterocycles. The van der Waals surface area contributed by atoms with Gasteiger partial charge in [-0.3, -0.25) is 0 Å². The molecule has 0 radical (unpaired) electrons. The molecule has 1 saturated carbocycles. The molecular weight excluding hydrogens is 136 g/mol. The lowest BCUT2D eigenvalue weighted by Crippen LogP contribution is -2.35. The minimum absolute atomic E-state index is 0.838. The topological polar surface area (TPSA) is 0 Å². The predicted octanol–water partition coefficient (Wildman–Crippen LogP) is 3.43. The number of hydrogen-bond donors (Lipinski definition) is 0. The van der Waals surface area contributed by atoms with Gasteiger partial charge >= 0.3 is 0 Å². The van der Waals surface area contributed by atoms with Crippen molar-refractivity contribution in [2.24, 2.45) is 0 Å². The number of hydrogen-bond acceptors (Lipinski definition) is 0. The van der Waals surface area contributed by atoms with E-state index in [-0.39, 0.29) is 0 Å². The molecule has 0 nitrogen and oxygen atoms in total. The number of allylic oxidation sites excluding steroid dienone is 1. The van der Waals surface area contributed by atoms with Crippen molar-refractivity contribution in [1.29, 1.82) is 0 Å². The van der Waals surface area contributed by atoms with E-state index in [1.807, 2.05) is 0 Å². The fourth-order valence-corrected chi connectivity index (χ4v) is 4.78. The van der Waals surface area contributed by atoms with E-state index in [0.29, 0.717) is 0 Å². The first-order chi connectivity index (χ1) is 4.67. The predicted molar refractivity (Wildman–Crippen MR) is 50.1 cm³/mol. The Morgan fingerprint density at radius 2 is 2.10 bits per heavy atom. The van der Waals surface area contributed by atoms with Gasteiger partial charge in [0, 0.05) is 0 Å². The monoisotopic (exact) mass is 154 g/mol. The van der Waals surface area contributed by atoms with E-state index in [0.717, 1.165) is 5.54 Å². The van der Waals surface area contributed by atoms with Crippen molar-refractivity contribution in [2.45, 2.75) is 43.9 Å². The van der Waals surface area contributed by atoms with Crippen LogP contribution in [0.4, 0.5) is 0 Å². The smallest absolute Gasteiger partial charge is 0.0542 e. The van der Waals surface area contributed by atoms with Crippen LogP contribution in [0.5, 0.6) is 0 Å². The minimum Gasteiger partial charge on any atom is -0.103 e. The van der Waals surface area contributed by atoms with Gasteiger partial charge < -0.3 is 0 Å². The van der Waals surface area contributed by atoms with E-state index in [9.17, 15) is 0 Å².